The minimum absolute atomic E-state index is 0.284. The lowest BCUT2D eigenvalue weighted by molar-refractivity contribution is 0.325. The summed E-state index contributed by atoms with van der Waals surface area (Å²) in [5.41, 5.74) is 1.45. The lowest BCUT2D eigenvalue weighted by Gasteiger charge is -2.36. The standard InChI is InChI=1S/C21H41BrOSi/c1-19(2)16-14-12-10-8-9-11-13-15-17-20(22)18-23-24(6,7)21(3,4)5/h16-17H,8-15,18H2,1-7H3/b20-17+. The fraction of sp³-hybridized carbons (Fsp3) is 0.810. The molecule has 1 nitrogen and oxygen atoms in total. The highest BCUT2D eigenvalue weighted by Gasteiger charge is 2.37. The summed E-state index contributed by atoms with van der Waals surface area (Å²) in [7, 11) is -1.63. The highest BCUT2D eigenvalue weighted by molar-refractivity contribution is 9.11. The average molecular weight is 418 g/mol. The topological polar surface area (TPSA) is 9.23 Å². The SMILES string of the molecule is CC(C)=CCCCCCCCC/C=C(/Br)CO[Si](C)(C)C(C)(C)C. The van der Waals surface area contributed by atoms with Crippen LogP contribution in [-0.4, -0.2) is 14.9 Å². The van der Waals surface area contributed by atoms with Gasteiger partial charge in [0.1, 0.15) is 0 Å². The molecule has 0 saturated heterocycles. The summed E-state index contributed by atoms with van der Waals surface area (Å²) < 4.78 is 7.44. The molecule has 0 atom stereocenters. The molecule has 0 amide bonds. The quantitative estimate of drug-likeness (QED) is 0.176. The monoisotopic (exact) mass is 416 g/mol. The molecule has 0 aromatic heterocycles. The zero-order valence-corrected chi connectivity index (χ0v) is 19.9. The fourth-order valence-electron chi connectivity index (χ4n) is 2.17. The van der Waals surface area contributed by atoms with E-state index in [2.05, 4.69) is 75.8 Å². The molecule has 0 saturated carbocycles. The van der Waals surface area contributed by atoms with Crippen LogP contribution >= 0.6 is 15.9 Å². The van der Waals surface area contributed by atoms with Gasteiger partial charge in [-0.1, -0.05) is 80.1 Å². The van der Waals surface area contributed by atoms with Gasteiger partial charge in [0.25, 0.3) is 0 Å². The molecule has 0 rings (SSSR count). The maximum absolute atomic E-state index is 6.22. The van der Waals surface area contributed by atoms with E-state index in [1.807, 2.05) is 0 Å². The molecule has 0 aliphatic carbocycles. The maximum Gasteiger partial charge on any atom is 0.192 e. The summed E-state index contributed by atoms with van der Waals surface area (Å²) in [5, 5.41) is 0.284. The van der Waals surface area contributed by atoms with Crippen molar-refractivity contribution in [2.75, 3.05) is 6.61 Å². The molecular weight excluding hydrogens is 376 g/mol. The van der Waals surface area contributed by atoms with Crippen molar-refractivity contribution in [1.29, 1.82) is 0 Å². The first kappa shape index (κ1) is 24.1. The van der Waals surface area contributed by atoms with Crippen LogP contribution in [0, 0.1) is 0 Å². The van der Waals surface area contributed by atoms with Gasteiger partial charge in [-0.3, -0.25) is 0 Å². The van der Waals surface area contributed by atoms with E-state index >= 15 is 0 Å². The number of allylic oxidation sites excluding steroid dienone is 3. The van der Waals surface area contributed by atoms with Gasteiger partial charge < -0.3 is 4.43 Å². The van der Waals surface area contributed by atoms with Gasteiger partial charge in [-0.05, 0) is 57.7 Å². The third-order valence-electron chi connectivity index (χ3n) is 4.95. The Bertz CT molecular complexity index is 387. The summed E-state index contributed by atoms with van der Waals surface area (Å²) in [6.07, 6.45) is 15.2. The third-order valence-corrected chi connectivity index (χ3v) is 9.98. The van der Waals surface area contributed by atoms with E-state index in [4.69, 9.17) is 4.43 Å². The van der Waals surface area contributed by atoms with Crippen LogP contribution in [0.3, 0.4) is 0 Å². The number of unbranched alkanes of at least 4 members (excludes halogenated alkanes) is 7. The highest BCUT2D eigenvalue weighted by atomic mass is 79.9. The maximum atomic E-state index is 6.22. The second kappa shape index (κ2) is 12.5. The molecule has 0 heterocycles. The predicted molar refractivity (Wildman–Crippen MR) is 117 cm³/mol. The van der Waals surface area contributed by atoms with Crippen molar-refractivity contribution in [1.82, 2.24) is 0 Å². The largest absolute Gasteiger partial charge is 0.412 e. The molecule has 0 fully saturated rings. The summed E-state index contributed by atoms with van der Waals surface area (Å²) in [4.78, 5) is 0. The Hall–Kier alpha value is 0.137. The molecule has 0 radical (unpaired) electrons. The Balaban J connectivity index is 3.68. The van der Waals surface area contributed by atoms with Crippen LogP contribution in [0.4, 0.5) is 0 Å². The average Bonchev–Trinajstić information content (AvgIpc) is 2.45. The van der Waals surface area contributed by atoms with Crippen LogP contribution in [0.25, 0.3) is 0 Å². The molecule has 0 aliphatic rings. The van der Waals surface area contributed by atoms with Crippen molar-refractivity contribution in [2.24, 2.45) is 0 Å². The first-order valence-electron chi connectivity index (χ1n) is 9.68. The minimum atomic E-state index is -1.63. The van der Waals surface area contributed by atoms with Gasteiger partial charge in [-0.25, -0.2) is 0 Å². The van der Waals surface area contributed by atoms with Crippen LogP contribution in [0.15, 0.2) is 22.2 Å². The van der Waals surface area contributed by atoms with Gasteiger partial charge in [0.2, 0.25) is 0 Å². The van der Waals surface area contributed by atoms with Gasteiger partial charge in [0.15, 0.2) is 8.32 Å². The first-order chi connectivity index (χ1) is 11.1. The van der Waals surface area contributed by atoms with Crippen LogP contribution in [0.1, 0.15) is 86.0 Å². The lowest BCUT2D eigenvalue weighted by atomic mass is 10.1. The van der Waals surface area contributed by atoms with Crippen LogP contribution in [0.2, 0.25) is 18.1 Å². The molecule has 0 spiro atoms. The zero-order chi connectivity index (χ0) is 18.6. The van der Waals surface area contributed by atoms with E-state index in [0.29, 0.717) is 0 Å². The van der Waals surface area contributed by atoms with Crippen molar-refractivity contribution in [3.05, 3.63) is 22.2 Å². The number of rotatable bonds is 12. The van der Waals surface area contributed by atoms with Crippen LogP contribution in [0.5, 0.6) is 0 Å². The van der Waals surface area contributed by atoms with Crippen LogP contribution < -0.4 is 0 Å². The highest BCUT2D eigenvalue weighted by Crippen LogP contribution is 2.37. The van der Waals surface area contributed by atoms with E-state index < -0.39 is 8.32 Å². The normalized spacial score (nSPS) is 13.2. The molecule has 0 aromatic carbocycles. The number of halogens is 1. The van der Waals surface area contributed by atoms with Gasteiger partial charge in [-0.2, -0.15) is 0 Å². The van der Waals surface area contributed by atoms with Crippen molar-refractivity contribution >= 4 is 24.2 Å². The zero-order valence-electron chi connectivity index (χ0n) is 17.3. The number of hydrogen-bond acceptors (Lipinski definition) is 1. The Kier molecular flexibility index (Phi) is 12.6. The molecule has 0 aromatic rings. The molecule has 0 unspecified atom stereocenters. The molecule has 142 valence electrons. The van der Waals surface area contributed by atoms with E-state index in [-0.39, 0.29) is 5.04 Å². The molecule has 0 N–H and O–H groups in total. The Labute approximate surface area is 161 Å². The second-order valence-electron chi connectivity index (χ2n) is 8.68. The molecular formula is C21H41BrOSi. The number of hydrogen-bond donors (Lipinski definition) is 0. The van der Waals surface area contributed by atoms with Gasteiger partial charge >= 0.3 is 0 Å². The Morgan fingerprint density at radius 2 is 1.33 bits per heavy atom. The molecule has 0 bridgehead atoms. The van der Waals surface area contributed by atoms with Gasteiger partial charge in [0.05, 0.1) is 6.61 Å². The molecule has 0 aliphatic heterocycles. The Morgan fingerprint density at radius 3 is 1.79 bits per heavy atom. The van der Waals surface area contributed by atoms with E-state index in [1.165, 1.54) is 61.4 Å². The van der Waals surface area contributed by atoms with Gasteiger partial charge in [-0.15, -0.1) is 0 Å². The summed E-state index contributed by atoms with van der Waals surface area (Å²) in [6.45, 7) is 16.6. The Morgan fingerprint density at radius 1 is 0.875 bits per heavy atom. The summed E-state index contributed by atoms with van der Waals surface area (Å²) in [5.74, 6) is 0. The van der Waals surface area contributed by atoms with Crippen molar-refractivity contribution in [3.63, 3.8) is 0 Å². The summed E-state index contributed by atoms with van der Waals surface area (Å²) in [6, 6.07) is 0. The minimum Gasteiger partial charge on any atom is -0.412 e. The van der Waals surface area contributed by atoms with E-state index in [9.17, 15) is 0 Å². The molecule has 3 heteroatoms. The second-order valence-corrected chi connectivity index (χ2v) is 14.5. The summed E-state index contributed by atoms with van der Waals surface area (Å²) >= 11 is 3.67. The molecule has 24 heavy (non-hydrogen) atoms. The third kappa shape index (κ3) is 12.5. The smallest absolute Gasteiger partial charge is 0.192 e. The van der Waals surface area contributed by atoms with Crippen LogP contribution in [-0.2, 0) is 4.43 Å². The first-order valence-corrected chi connectivity index (χ1v) is 13.4. The van der Waals surface area contributed by atoms with Crippen molar-refractivity contribution in [3.8, 4) is 0 Å². The predicted octanol–water partition coefficient (Wildman–Crippen LogP) is 8.37. The fourth-order valence-corrected chi connectivity index (χ4v) is 3.67. The lowest BCUT2D eigenvalue weighted by Crippen LogP contribution is -2.41. The van der Waals surface area contributed by atoms with Gasteiger partial charge in [0, 0.05) is 4.48 Å². The van der Waals surface area contributed by atoms with Crippen molar-refractivity contribution < 1.29 is 4.43 Å². The van der Waals surface area contributed by atoms with E-state index in [1.54, 1.807) is 0 Å². The van der Waals surface area contributed by atoms with E-state index in [0.717, 1.165) is 6.61 Å². The van der Waals surface area contributed by atoms with Crippen molar-refractivity contribution in [2.45, 2.75) is 104 Å².